The van der Waals surface area contributed by atoms with Crippen LogP contribution < -0.4 is 20.1 Å². The maximum absolute atomic E-state index is 13.4. The Morgan fingerprint density at radius 1 is 1.09 bits per heavy atom. The molecule has 0 bridgehead atoms. The first-order valence-electron chi connectivity index (χ1n) is 11.3. The Bertz CT molecular complexity index is 951. The minimum Gasteiger partial charge on any atom is -0.497 e. The lowest BCUT2D eigenvalue weighted by Gasteiger charge is -2.39. The summed E-state index contributed by atoms with van der Waals surface area (Å²) in [5, 5.41) is 5.88. The number of amides is 3. The van der Waals surface area contributed by atoms with Crippen molar-refractivity contribution >= 4 is 17.6 Å². The van der Waals surface area contributed by atoms with E-state index in [-0.39, 0.29) is 36.3 Å². The number of carbonyl (C=O) groups excluding carboxylic acids is 2. The van der Waals surface area contributed by atoms with Crippen LogP contribution in [0.25, 0.3) is 0 Å². The number of urea groups is 1. The lowest BCUT2D eigenvalue weighted by atomic mass is 9.88. The molecule has 1 saturated heterocycles. The zero-order valence-electron chi connectivity index (χ0n) is 19.4. The molecule has 2 aromatic carbocycles. The van der Waals surface area contributed by atoms with Gasteiger partial charge < -0.3 is 25.0 Å². The SMILES string of the molecule is CCCCNC(=O)N1C[C@@H](C(=O)Nc2ccc(OC)cc2OC)CC[C@@H]1c1ccc(F)cc1. The molecule has 178 valence electrons. The van der Waals surface area contributed by atoms with Crippen LogP contribution in [0, 0.1) is 11.7 Å². The molecular weight excluding hydrogens is 425 g/mol. The van der Waals surface area contributed by atoms with Crippen molar-refractivity contribution in [3.63, 3.8) is 0 Å². The van der Waals surface area contributed by atoms with Crippen LogP contribution >= 0.6 is 0 Å². The molecule has 1 aliphatic heterocycles. The maximum Gasteiger partial charge on any atom is 0.317 e. The molecule has 2 atom stereocenters. The van der Waals surface area contributed by atoms with Crippen molar-refractivity contribution in [2.45, 2.75) is 38.6 Å². The summed E-state index contributed by atoms with van der Waals surface area (Å²) in [5.41, 5.74) is 1.40. The van der Waals surface area contributed by atoms with Gasteiger partial charge in [-0.15, -0.1) is 0 Å². The first kappa shape index (κ1) is 24.4. The molecule has 0 aliphatic carbocycles. The van der Waals surface area contributed by atoms with E-state index in [9.17, 15) is 14.0 Å². The number of halogens is 1. The van der Waals surface area contributed by atoms with E-state index in [2.05, 4.69) is 17.6 Å². The predicted molar refractivity (Wildman–Crippen MR) is 125 cm³/mol. The number of benzene rings is 2. The van der Waals surface area contributed by atoms with E-state index < -0.39 is 0 Å². The molecular formula is C25H32FN3O4. The number of unbranched alkanes of at least 4 members (excludes halogenated alkanes) is 1. The number of hydrogen-bond acceptors (Lipinski definition) is 4. The van der Waals surface area contributed by atoms with Gasteiger partial charge in [0.1, 0.15) is 17.3 Å². The summed E-state index contributed by atoms with van der Waals surface area (Å²) in [6, 6.07) is 11.0. The molecule has 0 spiro atoms. The molecule has 1 fully saturated rings. The van der Waals surface area contributed by atoms with Crippen LogP contribution in [0.2, 0.25) is 0 Å². The number of anilines is 1. The number of carbonyl (C=O) groups is 2. The lowest BCUT2D eigenvalue weighted by Crippen LogP contribution is -2.49. The summed E-state index contributed by atoms with van der Waals surface area (Å²) in [7, 11) is 3.09. The minimum absolute atomic E-state index is 0.178. The summed E-state index contributed by atoms with van der Waals surface area (Å²) in [5.74, 6) is 0.239. The van der Waals surface area contributed by atoms with E-state index in [1.54, 1.807) is 42.3 Å². The molecule has 2 N–H and O–H groups in total. The van der Waals surface area contributed by atoms with Gasteiger partial charge in [-0.05, 0) is 49.1 Å². The molecule has 0 radical (unpaired) electrons. The molecule has 2 aromatic rings. The highest BCUT2D eigenvalue weighted by Crippen LogP contribution is 2.35. The third-order valence-corrected chi connectivity index (χ3v) is 5.94. The van der Waals surface area contributed by atoms with Crippen molar-refractivity contribution in [1.29, 1.82) is 0 Å². The van der Waals surface area contributed by atoms with Crippen molar-refractivity contribution in [3.8, 4) is 11.5 Å². The Hall–Kier alpha value is -3.29. The highest BCUT2D eigenvalue weighted by molar-refractivity contribution is 5.94. The fraction of sp³-hybridized carbons (Fsp3) is 0.440. The Morgan fingerprint density at radius 2 is 1.85 bits per heavy atom. The van der Waals surface area contributed by atoms with E-state index in [0.29, 0.717) is 36.6 Å². The molecule has 1 heterocycles. The number of nitrogens with zero attached hydrogens (tertiary/aromatic N) is 1. The van der Waals surface area contributed by atoms with Gasteiger partial charge in [-0.25, -0.2) is 9.18 Å². The van der Waals surface area contributed by atoms with Crippen LogP contribution in [0.4, 0.5) is 14.9 Å². The molecule has 1 aliphatic rings. The second-order valence-corrected chi connectivity index (χ2v) is 8.13. The van der Waals surface area contributed by atoms with Crippen LogP contribution in [0.15, 0.2) is 42.5 Å². The summed E-state index contributed by atoms with van der Waals surface area (Å²) in [4.78, 5) is 27.8. The highest BCUT2D eigenvalue weighted by atomic mass is 19.1. The topological polar surface area (TPSA) is 79.9 Å². The third-order valence-electron chi connectivity index (χ3n) is 5.94. The summed E-state index contributed by atoms with van der Waals surface area (Å²) >= 11 is 0. The van der Waals surface area contributed by atoms with Gasteiger partial charge >= 0.3 is 6.03 Å². The predicted octanol–water partition coefficient (Wildman–Crippen LogP) is 4.74. The highest BCUT2D eigenvalue weighted by Gasteiger charge is 2.35. The lowest BCUT2D eigenvalue weighted by molar-refractivity contribution is -0.121. The molecule has 0 unspecified atom stereocenters. The van der Waals surface area contributed by atoms with Gasteiger partial charge in [-0.1, -0.05) is 25.5 Å². The van der Waals surface area contributed by atoms with Gasteiger partial charge in [0.25, 0.3) is 0 Å². The summed E-state index contributed by atoms with van der Waals surface area (Å²) in [6.07, 6.45) is 3.05. The standard InChI is InChI=1S/C25H32FN3O4/c1-4-5-14-27-25(31)29-16-18(8-13-22(29)17-6-9-19(26)10-7-17)24(30)28-21-12-11-20(32-2)15-23(21)33-3/h6-7,9-12,15,18,22H,4-5,8,13-14,16H2,1-3H3,(H,27,31)(H,28,30)/t18-,22+/m0/s1. The smallest absolute Gasteiger partial charge is 0.317 e. The zero-order chi connectivity index (χ0) is 23.8. The quantitative estimate of drug-likeness (QED) is 0.561. The average Bonchev–Trinajstić information content (AvgIpc) is 2.84. The van der Waals surface area contributed by atoms with E-state index in [1.807, 2.05) is 0 Å². The van der Waals surface area contributed by atoms with E-state index in [4.69, 9.17) is 9.47 Å². The average molecular weight is 458 g/mol. The minimum atomic E-state index is -0.384. The number of likely N-dealkylation sites (tertiary alicyclic amines) is 1. The van der Waals surface area contributed by atoms with Crippen LogP contribution in [0.1, 0.15) is 44.2 Å². The van der Waals surface area contributed by atoms with E-state index >= 15 is 0 Å². The molecule has 3 amide bonds. The molecule has 3 rings (SSSR count). The zero-order valence-corrected chi connectivity index (χ0v) is 19.4. The molecule has 8 heteroatoms. The van der Waals surface area contributed by atoms with Crippen molar-refractivity contribution in [2.24, 2.45) is 5.92 Å². The summed E-state index contributed by atoms with van der Waals surface area (Å²) in [6.45, 7) is 2.90. The van der Waals surface area contributed by atoms with Crippen LogP contribution in [-0.2, 0) is 4.79 Å². The van der Waals surface area contributed by atoms with E-state index in [0.717, 1.165) is 18.4 Å². The molecule has 33 heavy (non-hydrogen) atoms. The van der Waals surface area contributed by atoms with Crippen molar-refractivity contribution in [2.75, 3.05) is 32.6 Å². The number of methoxy groups -OCH3 is 2. The first-order valence-corrected chi connectivity index (χ1v) is 11.3. The monoisotopic (exact) mass is 457 g/mol. The van der Waals surface area contributed by atoms with Crippen molar-refractivity contribution < 1.29 is 23.5 Å². The Balaban J connectivity index is 1.76. The molecule has 0 aromatic heterocycles. The van der Waals surface area contributed by atoms with Gasteiger partial charge in [0.2, 0.25) is 5.91 Å². The van der Waals surface area contributed by atoms with Crippen LogP contribution in [0.3, 0.4) is 0 Å². The van der Waals surface area contributed by atoms with Gasteiger partial charge in [-0.2, -0.15) is 0 Å². The number of nitrogens with one attached hydrogen (secondary N) is 2. The van der Waals surface area contributed by atoms with Crippen molar-refractivity contribution in [1.82, 2.24) is 10.2 Å². The number of ether oxygens (including phenoxy) is 2. The summed E-state index contributed by atoms with van der Waals surface area (Å²) < 4.78 is 24.0. The fourth-order valence-corrected chi connectivity index (χ4v) is 4.05. The molecule has 7 nitrogen and oxygen atoms in total. The van der Waals surface area contributed by atoms with Gasteiger partial charge in [0.05, 0.1) is 31.9 Å². The second kappa shape index (κ2) is 11.5. The third kappa shape index (κ3) is 6.15. The number of piperidine rings is 1. The maximum atomic E-state index is 13.4. The van der Waals surface area contributed by atoms with Gasteiger partial charge in [0, 0.05) is 19.2 Å². The van der Waals surface area contributed by atoms with Crippen LogP contribution in [0.5, 0.6) is 11.5 Å². The first-order chi connectivity index (χ1) is 16.0. The fourth-order valence-electron chi connectivity index (χ4n) is 4.05. The normalized spacial score (nSPS) is 17.9. The number of rotatable bonds is 8. The largest absolute Gasteiger partial charge is 0.497 e. The van der Waals surface area contributed by atoms with Crippen LogP contribution in [-0.4, -0.2) is 44.1 Å². The second-order valence-electron chi connectivity index (χ2n) is 8.13. The van der Waals surface area contributed by atoms with Crippen molar-refractivity contribution in [3.05, 3.63) is 53.8 Å². The Morgan fingerprint density at radius 3 is 2.52 bits per heavy atom. The van der Waals surface area contributed by atoms with Gasteiger partial charge in [0.15, 0.2) is 0 Å². The Labute approximate surface area is 194 Å². The van der Waals surface area contributed by atoms with Gasteiger partial charge in [-0.3, -0.25) is 4.79 Å². The Kier molecular flexibility index (Phi) is 8.52. The number of hydrogen-bond donors (Lipinski definition) is 2. The van der Waals surface area contributed by atoms with E-state index in [1.165, 1.54) is 19.2 Å². The molecule has 0 saturated carbocycles.